The van der Waals surface area contributed by atoms with E-state index in [1.165, 1.54) is 0 Å². The zero-order valence-corrected chi connectivity index (χ0v) is 17.4. The van der Waals surface area contributed by atoms with Gasteiger partial charge in [-0.15, -0.1) is 0 Å². The number of carbonyl (C=O) groups is 3. The fraction of sp³-hybridized carbons (Fsp3) is 0.278. The third kappa shape index (κ3) is 4.10. The van der Waals surface area contributed by atoms with Crippen molar-refractivity contribution in [2.75, 3.05) is 6.26 Å². The molecule has 1 aromatic carbocycles. The molecule has 0 spiro atoms. The highest BCUT2D eigenvalue weighted by molar-refractivity contribution is 7.90. The molecule has 0 saturated carbocycles. The molecular weight excluding hydrogens is 433 g/mol. The van der Waals surface area contributed by atoms with Gasteiger partial charge in [-0.25, -0.2) is 4.79 Å². The lowest BCUT2D eigenvalue weighted by molar-refractivity contribution is -0.153. The zero-order valence-electron chi connectivity index (χ0n) is 15.8. The Balaban J connectivity index is 1.89. The molecule has 0 aromatic heterocycles. The molecule has 2 aliphatic heterocycles. The van der Waals surface area contributed by atoms with Gasteiger partial charge in [0.2, 0.25) is 5.91 Å². The van der Waals surface area contributed by atoms with Crippen molar-refractivity contribution >= 4 is 46.6 Å². The van der Waals surface area contributed by atoms with Crippen molar-refractivity contribution in [1.82, 2.24) is 4.90 Å². The van der Waals surface area contributed by atoms with E-state index in [4.69, 9.17) is 12.2 Å². The SMILES string of the molecule is [B]OC(=O)C1=C(OS(C)(=O)=O)C(=C)[S@](=O)[C@@H]2[C@H](CC(=O)Cc3ccccc3)C(=O)N12. The molecule has 0 aliphatic carbocycles. The Morgan fingerprint density at radius 1 is 1.27 bits per heavy atom. The van der Waals surface area contributed by atoms with Crippen LogP contribution < -0.4 is 0 Å². The normalized spacial score (nSPS) is 23.5. The van der Waals surface area contributed by atoms with Gasteiger partial charge in [0.1, 0.15) is 11.2 Å². The number of amides is 1. The summed E-state index contributed by atoms with van der Waals surface area (Å²) in [5, 5.41) is -1.09. The van der Waals surface area contributed by atoms with Crippen molar-refractivity contribution in [3.05, 3.63) is 58.8 Å². The Labute approximate surface area is 176 Å². The number of β-lactam (4-membered cyclic amide) rings is 1. The second-order valence-electron chi connectivity index (χ2n) is 6.70. The maximum absolute atomic E-state index is 12.8. The average molecular weight is 449 g/mol. The van der Waals surface area contributed by atoms with Crippen LogP contribution in [0.4, 0.5) is 0 Å². The fourth-order valence-electron chi connectivity index (χ4n) is 3.30. The maximum Gasteiger partial charge on any atom is 0.378 e. The van der Waals surface area contributed by atoms with Crippen LogP contribution in [0.15, 0.2) is 53.3 Å². The van der Waals surface area contributed by atoms with Gasteiger partial charge >= 0.3 is 24.1 Å². The van der Waals surface area contributed by atoms with Crippen molar-refractivity contribution in [1.29, 1.82) is 0 Å². The molecule has 0 bridgehead atoms. The highest BCUT2D eigenvalue weighted by Crippen LogP contribution is 2.44. The summed E-state index contributed by atoms with van der Waals surface area (Å²) in [6.07, 6.45) is 0.582. The van der Waals surface area contributed by atoms with Gasteiger partial charge in [-0.05, 0) is 5.56 Å². The largest absolute Gasteiger partial charge is 0.539 e. The van der Waals surface area contributed by atoms with Gasteiger partial charge in [0, 0.05) is 12.8 Å². The Bertz CT molecular complexity index is 1100. The predicted molar refractivity (Wildman–Crippen MR) is 106 cm³/mol. The van der Waals surface area contributed by atoms with E-state index in [0.29, 0.717) is 6.26 Å². The first-order chi connectivity index (χ1) is 14.0. The van der Waals surface area contributed by atoms with Gasteiger partial charge in [0.25, 0.3) is 0 Å². The third-order valence-electron chi connectivity index (χ3n) is 4.55. The van der Waals surface area contributed by atoms with Gasteiger partial charge in [-0.2, -0.15) is 8.42 Å². The number of ketones is 1. The number of carbonyl (C=O) groups excluding carboxylic acids is 3. The molecular formula is C18H16BNO8S2. The van der Waals surface area contributed by atoms with Crippen molar-refractivity contribution in [3.8, 4) is 0 Å². The number of Topliss-reactive ketones (excluding diaryl/α,β-unsaturated/α-hetero) is 1. The van der Waals surface area contributed by atoms with E-state index < -0.39 is 55.5 Å². The molecule has 0 unspecified atom stereocenters. The van der Waals surface area contributed by atoms with E-state index in [1.807, 2.05) is 0 Å². The number of hydrogen-bond donors (Lipinski definition) is 0. The topological polar surface area (TPSA) is 124 Å². The second kappa shape index (κ2) is 8.19. The molecule has 0 N–H and O–H groups in total. The summed E-state index contributed by atoms with van der Waals surface area (Å²) in [5.74, 6) is -3.87. The lowest BCUT2D eigenvalue weighted by atomic mass is 9.89. The van der Waals surface area contributed by atoms with Crippen molar-refractivity contribution in [2.45, 2.75) is 18.2 Å². The summed E-state index contributed by atoms with van der Waals surface area (Å²) in [6.45, 7) is 3.53. The van der Waals surface area contributed by atoms with Gasteiger partial charge in [-0.3, -0.25) is 18.7 Å². The monoisotopic (exact) mass is 449 g/mol. The standard InChI is InChI=1S/C18H16BNO8S2/c1-10-15(28-30(2,25)26)14(18(23)27-19)20-16(22)13(17(20)29(10)24)9-12(21)8-11-6-4-3-5-7-11/h3-7,13,17H,1,8-9H2,2H3/t13-,17-,29+/m1/s1. The minimum atomic E-state index is -4.15. The van der Waals surface area contributed by atoms with Crippen LogP contribution in [0, 0.1) is 5.92 Å². The van der Waals surface area contributed by atoms with Crippen LogP contribution in [0.3, 0.4) is 0 Å². The van der Waals surface area contributed by atoms with Crippen molar-refractivity contribution < 1.29 is 35.8 Å². The van der Waals surface area contributed by atoms with Crippen LogP contribution >= 0.6 is 0 Å². The average Bonchev–Trinajstić information content (AvgIpc) is 2.69. The number of nitrogens with zero attached hydrogens (tertiary/aromatic N) is 1. The Morgan fingerprint density at radius 3 is 2.47 bits per heavy atom. The first-order valence-electron chi connectivity index (χ1n) is 8.58. The fourth-order valence-corrected chi connectivity index (χ4v) is 5.36. The lowest BCUT2D eigenvalue weighted by Crippen LogP contribution is -2.65. The van der Waals surface area contributed by atoms with Gasteiger partial charge in [-0.1, -0.05) is 36.9 Å². The molecule has 12 heteroatoms. The Morgan fingerprint density at radius 2 is 1.90 bits per heavy atom. The highest BCUT2D eigenvalue weighted by Gasteiger charge is 2.59. The molecule has 2 heterocycles. The third-order valence-corrected chi connectivity index (χ3v) is 6.67. The van der Waals surface area contributed by atoms with Crippen LogP contribution in [0.2, 0.25) is 0 Å². The summed E-state index contributed by atoms with van der Waals surface area (Å²) < 4.78 is 44.8. The van der Waals surface area contributed by atoms with E-state index in [1.54, 1.807) is 30.3 Å². The van der Waals surface area contributed by atoms with Crippen LogP contribution in [0.25, 0.3) is 0 Å². The molecule has 2 aliphatic rings. The molecule has 1 fully saturated rings. The lowest BCUT2D eigenvalue weighted by Gasteiger charge is -2.49. The van der Waals surface area contributed by atoms with Gasteiger partial charge in [0.15, 0.2) is 11.5 Å². The molecule has 9 nitrogen and oxygen atoms in total. The van der Waals surface area contributed by atoms with Gasteiger partial charge in [0.05, 0.1) is 27.9 Å². The van der Waals surface area contributed by atoms with Crippen molar-refractivity contribution in [3.63, 3.8) is 0 Å². The van der Waals surface area contributed by atoms with Crippen LogP contribution in [0.1, 0.15) is 12.0 Å². The summed E-state index contributed by atoms with van der Waals surface area (Å²) in [5.41, 5.74) is 0.144. The minimum Gasteiger partial charge on any atom is -0.539 e. The van der Waals surface area contributed by atoms with Gasteiger partial charge < -0.3 is 8.84 Å². The van der Waals surface area contributed by atoms with E-state index in [-0.39, 0.29) is 23.5 Å². The van der Waals surface area contributed by atoms with Crippen molar-refractivity contribution in [2.24, 2.45) is 5.92 Å². The number of rotatable bonds is 7. The zero-order chi connectivity index (χ0) is 22.2. The molecule has 1 amide bonds. The maximum atomic E-state index is 12.8. The molecule has 30 heavy (non-hydrogen) atoms. The van der Waals surface area contributed by atoms with Crippen LogP contribution in [-0.4, -0.2) is 54.9 Å². The molecule has 156 valence electrons. The Hall–Kier alpha value is -2.73. The molecule has 2 radical (unpaired) electrons. The van der Waals surface area contributed by atoms with E-state index in [2.05, 4.69) is 11.2 Å². The first-order valence-corrected chi connectivity index (χ1v) is 11.6. The van der Waals surface area contributed by atoms with Crippen LogP contribution in [0.5, 0.6) is 0 Å². The molecule has 1 aromatic rings. The van der Waals surface area contributed by atoms with E-state index in [9.17, 15) is 27.0 Å². The smallest absolute Gasteiger partial charge is 0.378 e. The Kier molecular flexibility index (Phi) is 6.00. The summed E-state index contributed by atoms with van der Waals surface area (Å²) in [6, 6.07) is 8.88. The minimum absolute atomic E-state index is 0.0842. The second-order valence-corrected chi connectivity index (χ2v) is 9.85. The number of fused-ring (bicyclic) bond motifs is 1. The molecule has 1 saturated heterocycles. The first kappa shape index (κ1) is 22.0. The summed E-state index contributed by atoms with van der Waals surface area (Å²) in [7, 11) is -1.28. The predicted octanol–water partition coefficient (Wildman–Crippen LogP) is 0.0633. The van der Waals surface area contributed by atoms with E-state index >= 15 is 0 Å². The molecule has 3 rings (SSSR count). The number of benzene rings is 1. The van der Waals surface area contributed by atoms with E-state index in [0.717, 1.165) is 10.5 Å². The molecule has 3 atom stereocenters. The summed E-state index contributed by atoms with van der Waals surface area (Å²) in [4.78, 5) is 37.7. The quantitative estimate of drug-likeness (QED) is 0.325. The highest BCUT2D eigenvalue weighted by atomic mass is 32.2. The number of hydrogen-bond acceptors (Lipinski definition) is 8. The van der Waals surface area contributed by atoms with Crippen LogP contribution in [-0.2, 0) is 50.6 Å². The summed E-state index contributed by atoms with van der Waals surface area (Å²) >= 11 is 0.